The third kappa shape index (κ3) is 2.92. The zero-order chi connectivity index (χ0) is 13.8. The number of aryl methyl sites for hydroxylation is 1. The number of hydrogen-bond donors (Lipinski definition) is 1. The van der Waals surface area contributed by atoms with Crippen molar-refractivity contribution in [1.82, 2.24) is 14.8 Å². The molecule has 1 aromatic carbocycles. The van der Waals surface area contributed by atoms with Gasteiger partial charge in [0.15, 0.2) is 5.82 Å². The lowest BCUT2D eigenvalue weighted by Crippen LogP contribution is -2.05. The molecule has 0 aliphatic heterocycles. The third-order valence-electron chi connectivity index (χ3n) is 2.44. The average molecular weight is 261 g/mol. The fraction of sp³-hybridized carbons (Fsp3) is 0.182. The molecule has 2 rings (SSSR count). The molecule has 1 N–H and O–H groups in total. The lowest BCUT2D eigenvalue weighted by Gasteiger charge is -2.05. The highest BCUT2D eigenvalue weighted by molar-refractivity contribution is 5.79. The molecule has 0 saturated heterocycles. The molecular formula is C11H11N5O3. The van der Waals surface area contributed by atoms with Gasteiger partial charge >= 0.3 is 0 Å². The zero-order valence-corrected chi connectivity index (χ0v) is 10.1. The van der Waals surface area contributed by atoms with Gasteiger partial charge in [-0.2, -0.15) is 5.10 Å². The van der Waals surface area contributed by atoms with Crippen molar-refractivity contribution in [2.75, 3.05) is 5.32 Å². The number of nitro groups is 1. The monoisotopic (exact) mass is 261 g/mol. The maximum Gasteiger partial charge on any atom is 0.293 e. The SMILES string of the molecule is Cn1cnc(CNc2ccc(C=O)cc2[N+](=O)[O-])n1. The first-order valence-electron chi connectivity index (χ1n) is 5.42. The first kappa shape index (κ1) is 12.7. The molecule has 8 nitrogen and oxygen atoms in total. The molecule has 0 saturated carbocycles. The zero-order valence-electron chi connectivity index (χ0n) is 10.1. The first-order chi connectivity index (χ1) is 9.10. The smallest absolute Gasteiger partial charge is 0.293 e. The normalized spacial score (nSPS) is 10.2. The Morgan fingerprint density at radius 3 is 2.89 bits per heavy atom. The van der Waals surface area contributed by atoms with Crippen LogP contribution in [-0.2, 0) is 13.6 Å². The van der Waals surface area contributed by atoms with E-state index in [0.29, 0.717) is 17.8 Å². The fourth-order valence-corrected chi connectivity index (χ4v) is 1.56. The quantitative estimate of drug-likeness (QED) is 0.492. The molecule has 0 unspecified atom stereocenters. The maximum atomic E-state index is 10.9. The molecule has 8 heteroatoms. The van der Waals surface area contributed by atoms with Crippen molar-refractivity contribution in [3.63, 3.8) is 0 Å². The topological polar surface area (TPSA) is 103 Å². The highest BCUT2D eigenvalue weighted by Crippen LogP contribution is 2.25. The summed E-state index contributed by atoms with van der Waals surface area (Å²) in [4.78, 5) is 25.0. The van der Waals surface area contributed by atoms with Crippen LogP contribution in [0.4, 0.5) is 11.4 Å². The molecule has 0 spiro atoms. The molecule has 0 atom stereocenters. The number of anilines is 1. The van der Waals surface area contributed by atoms with Crippen LogP contribution in [0.5, 0.6) is 0 Å². The Hall–Kier alpha value is -2.77. The number of aromatic nitrogens is 3. The van der Waals surface area contributed by atoms with E-state index in [-0.39, 0.29) is 17.8 Å². The van der Waals surface area contributed by atoms with Gasteiger partial charge in [0.2, 0.25) is 0 Å². The van der Waals surface area contributed by atoms with E-state index in [2.05, 4.69) is 15.4 Å². The van der Waals surface area contributed by atoms with Crippen molar-refractivity contribution >= 4 is 17.7 Å². The van der Waals surface area contributed by atoms with Crippen LogP contribution >= 0.6 is 0 Å². The summed E-state index contributed by atoms with van der Waals surface area (Å²) in [5.74, 6) is 0.524. The highest BCUT2D eigenvalue weighted by Gasteiger charge is 2.14. The van der Waals surface area contributed by atoms with E-state index < -0.39 is 4.92 Å². The van der Waals surface area contributed by atoms with E-state index in [1.807, 2.05) is 0 Å². The largest absolute Gasteiger partial charge is 0.372 e. The molecule has 1 heterocycles. The van der Waals surface area contributed by atoms with E-state index in [0.717, 1.165) is 0 Å². The Balaban J connectivity index is 2.19. The average Bonchev–Trinajstić information content (AvgIpc) is 2.82. The van der Waals surface area contributed by atoms with Crippen LogP contribution in [0.15, 0.2) is 24.5 Å². The number of benzene rings is 1. The summed E-state index contributed by atoms with van der Waals surface area (Å²) in [6.45, 7) is 0.266. The van der Waals surface area contributed by atoms with Gasteiger partial charge in [0.1, 0.15) is 18.3 Å². The van der Waals surface area contributed by atoms with Crippen LogP contribution in [0.2, 0.25) is 0 Å². The van der Waals surface area contributed by atoms with E-state index in [1.54, 1.807) is 18.1 Å². The number of nitrogens with one attached hydrogen (secondary N) is 1. The van der Waals surface area contributed by atoms with Gasteiger partial charge in [-0.05, 0) is 12.1 Å². The van der Waals surface area contributed by atoms with Gasteiger partial charge in [-0.25, -0.2) is 4.98 Å². The summed E-state index contributed by atoms with van der Waals surface area (Å²) in [5.41, 5.74) is 0.428. The van der Waals surface area contributed by atoms with E-state index in [4.69, 9.17) is 0 Å². The Bertz CT molecular complexity index is 623. The Morgan fingerprint density at radius 1 is 1.53 bits per heavy atom. The number of rotatable bonds is 5. The van der Waals surface area contributed by atoms with Crippen LogP contribution in [-0.4, -0.2) is 26.0 Å². The summed E-state index contributed by atoms with van der Waals surface area (Å²) in [5, 5.41) is 17.9. The van der Waals surface area contributed by atoms with Crippen LogP contribution in [0.3, 0.4) is 0 Å². The lowest BCUT2D eigenvalue weighted by atomic mass is 10.2. The van der Waals surface area contributed by atoms with Gasteiger partial charge in [-0.3, -0.25) is 19.6 Å². The molecule has 0 aliphatic rings. The summed E-state index contributed by atoms with van der Waals surface area (Å²) in [6.07, 6.45) is 2.11. The molecule has 0 radical (unpaired) electrons. The molecule has 0 amide bonds. The summed E-state index contributed by atoms with van der Waals surface area (Å²) in [6, 6.07) is 4.22. The number of carbonyl (C=O) groups is 1. The number of carbonyl (C=O) groups excluding carboxylic acids is 1. The molecule has 98 valence electrons. The summed E-state index contributed by atoms with van der Waals surface area (Å²) >= 11 is 0. The minimum atomic E-state index is -0.540. The molecular weight excluding hydrogens is 250 g/mol. The first-order valence-corrected chi connectivity index (χ1v) is 5.42. The van der Waals surface area contributed by atoms with E-state index in [9.17, 15) is 14.9 Å². The molecule has 19 heavy (non-hydrogen) atoms. The fourth-order valence-electron chi connectivity index (χ4n) is 1.56. The second-order valence-corrected chi connectivity index (χ2v) is 3.84. The second-order valence-electron chi connectivity index (χ2n) is 3.84. The van der Waals surface area contributed by atoms with Gasteiger partial charge < -0.3 is 5.32 Å². The predicted molar refractivity (Wildman–Crippen MR) is 66.8 cm³/mol. The predicted octanol–water partition coefficient (Wildman–Crippen LogP) is 1.15. The van der Waals surface area contributed by atoms with Crippen molar-refractivity contribution < 1.29 is 9.72 Å². The number of nitro benzene ring substituents is 1. The number of aldehydes is 1. The summed E-state index contributed by atoms with van der Waals surface area (Å²) in [7, 11) is 1.73. The Labute approximate surface area is 108 Å². The van der Waals surface area contributed by atoms with Crippen LogP contribution in [0.1, 0.15) is 16.2 Å². The molecule has 1 aromatic heterocycles. The highest BCUT2D eigenvalue weighted by atomic mass is 16.6. The third-order valence-corrected chi connectivity index (χ3v) is 2.44. The van der Waals surface area contributed by atoms with Crippen molar-refractivity contribution in [1.29, 1.82) is 0 Å². The second kappa shape index (κ2) is 5.25. The van der Waals surface area contributed by atoms with Crippen LogP contribution in [0.25, 0.3) is 0 Å². The molecule has 0 bridgehead atoms. The Morgan fingerprint density at radius 2 is 2.32 bits per heavy atom. The maximum absolute atomic E-state index is 10.9. The van der Waals surface area contributed by atoms with E-state index in [1.165, 1.54) is 18.2 Å². The van der Waals surface area contributed by atoms with Gasteiger partial charge in [0.05, 0.1) is 11.5 Å². The Kier molecular flexibility index (Phi) is 3.51. The van der Waals surface area contributed by atoms with Crippen LogP contribution < -0.4 is 5.32 Å². The van der Waals surface area contributed by atoms with Gasteiger partial charge in [0, 0.05) is 18.7 Å². The van der Waals surface area contributed by atoms with Crippen LogP contribution in [0, 0.1) is 10.1 Å². The minimum Gasteiger partial charge on any atom is -0.372 e. The van der Waals surface area contributed by atoms with Gasteiger partial charge in [0.25, 0.3) is 5.69 Å². The minimum absolute atomic E-state index is 0.152. The molecule has 0 aliphatic carbocycles. The summed E-state index contributed by atoms with van der Waals surface area (Å²) < 4.78 is 1.54. The number of nitrogens with zero attached hydrogens (tertiary/aromatic N) is 4. The standard InChI is InChI=1S/C11H11N5O3/c1-15-7-13-11(14-15)5-12-9-3-2-8(6-17)4-10(9)16(18)19/h2-4,6-7,12H,5H2,1H3. The van der Waals surface area contributed by atoms with Gasteiger partial charge in [-0.1, -0.05) is 0 Å². The van der Waals surface area contributed by atoms with Crippen molar-refractivity contribution in [3.8, 4) is 0 Å². The van der Waals surface area contributed by atoms with Crippen molar-refractivity contribution in [2.45, 2.75) is 6.54 Å². The lowest BCUT2D eigenvalue weighted by molar-refractivity contribution is -0.384. The van der Waals surface area contributed by atoms with Crippen molar-refractivity contribution in [3.05, 3.63) is 46.0 Å². The van der Waals surface area contributed by atoms with Crippen molar-refractivity contribution in [2.24, 2.45) is 7.05 Å². The number of hydrogen-bond acceptors (Lipinski definition) is 6. The van der Waals surface area contributed by atoms with E-state index >= 15 is 0 Å². The molecule has 0 fully saturated rings. The molecule has 2 aromatic rings. The van der Waals surface area contributed by atoms with Gasteiger partial charge in [-0.15, -0.1) is 0 Å².